The topological polar surface area (TPSA) is 38.0 Å². The van der Waals surface area contributed by atoms with E-state index < -0.39 is 11.6 Å². The average Bonchev–Trinajstić information content (AvgIpc) is 2.28. The molecule has 0 aliphatic heterocycles. The second-order valence-electron chi connectivity index (χ2n) is 3.45. The van der Waals surface area contributed by atoms with Gasteiger partial charge >= 0.3 is 0 Å². The summed E-state index contributed by atoms with van der Waals surface area (Å²) in [6, 6.07) is 8.27. The Morgan fingerprint density at radius 2 is 1.71 bits per heavy atom. The summed E-state index contributed by atoms with van der Waals surface area (Å²) in [7, 11) is 0. The molecule has 3 N–H and O–H groups in total. The Balaban J connectivity index is 2.41. The van der Waals surface area contributed by atoms with Crippen molar-refractivity contribution in [1.82, 2.24) is 0 Å². The first kappa shape index (κ1) is 11.7. The summed E-state index contributed by atoms with van der Waals surface area (Å²) in [5, 5.41) is 3.02. The molecular weight excluding hydrogens is 246 g/mol. The molecule has 0 bridgehead atoms. The zero-order valence-electron chi connectivity index (χ0n) is 8.68. The van der Waals surface area contributed by atoms with Crippen molar-refractivity contribution >= 4 is 28.7 Å². The molecule has 0 heterocycles. The molecular formula is C12H9ClF2N2. The standard InChI is InChI=1S/C12H9ClF2N2/c13-7-4-5-10(16)11(6-7)17-12-8(14)2-1-3-9(12)15/h1-6,17H,16H2. The third-order valence-corrected chi connectivity index (χ3v) is 2.47. The Morgan fingerprint density at radius 1 is 1.06 bits per heavy atom. The number of rotatable bonds is 2. The van der Waals surface area contributed by atoms with Crippen LogP contribution in [0.4, 0.5) is 25.8 Å². The molecule has 17 heavy (non-hydrogen) atoms. The number of hydrogen-bond acceptors (Lipinski definition) is 2. The van der Waals surface area contributed by atoms with Crippen LogP contribution in [-0.4, -0.2) is 0 Å². The largest absolute Gasteiger partial charge is 0.397 e. The van der Waals surface area contributed by atoms with Crippen molar-refractivity contribution in [2.75, 3.05) is 11.1 Å². The van der Waals surface area contributed by atoms with Gasteiger partial charge < -0.3 is 11.1 Å². The summed E-state index contributed by atoms with van der Waals surface area (Å²) in [5.74, 6) is -1.38. The number of anilines is 3. The van der Waals surface area contributed by atoms with Gasteiger partial charge in [-0.2, -0.15) is 0 Å². The highest BCUT2D eigenvalue weighted by atomic mass is 35.5. The van der Waals surface area contributed by atoms with E-state index in [0.29, 0.717) is 16.4 Å². The summed E-state index contributed by atoms with van der Waals surface area (Å²) >= 11 is 5.78. The molecule has 0 aliphatic carbocycles. The molecule has 0 saturated heterocycles. The lowest BCUT2D eigenvalue weighted by Crippen LogP contribution is -2.00. The highest BCUT2D eigenvalue weighted by Gasteiger charge is 2.10. The molecule has 0 radical (unpaired) electrons. The fourth-order valence-corrected chi connectivity index (χ4v) is 1.56. The molecule has 0 fully saturated rings. The summed E-state index contributed by atoms with van der Waals surface area (Å²) in [6.45, 7) is 0. The van der Waals surface area contributed by atoms with Gasteiger partial charge in [-0.1, -0.05) is 17.7 Å². The second kappa shape index (κ2) is 4.59. The molecule has 0 aliphatic rings. The lowest BCUT2D eigenvalue weighted by molar-refractivity contribution is 0.591. The fraction of sp³-hybridized carbons (Fsp3) is 0. The maximum absolute atomic E-state index is 13.4. The maximum atomic E-state index is 13.4. The average molecular weight is 255 g/mol. The van der Waals surface area contributed by atoms with Crippen LogP contribution < -0.4 is 11.1 Å². The minimum Gasteiger partial charge on any atom is -0.397 e. The van der Waals surface area contributed by atoms with Crippen LogP contribution in [0, 0.1) is 11.6 Å². The smallest absolute Gasteiger partial charge is 0.149 e. The number of para-hydroxylation sites is 1. The molecule has 2 rings (SSSR count). The molecule has 5 heteroatoms. The van der Waals surface area contributed by atoms with Crippen LogP contribution in [0.15, 0.2) is 36.4 Å². The van der Waals surface area contributed by atoms with Crippen LogP contribution in [0.25, 0.3) is 0 Å². The molecule has 0 amide bonds. The van der Waals surface area contributed by atoms with Crippen LogP contribution in [0.2, 0.25) is 5.02 Å². The van der Waals surface area contributed by atoms with Gasteiger partial charge in [0.05, 0.1) is 11.4 Å². The summed E-state index contributed by atoms with van der Waals surface area (Å²) in [4.78, 5) is 0. The van der Waals surface area contributed by atoms with Crippen molar-refractivity contribution in [2.45, 2.75) is 0 Å². The highest BCUT2D eigenvalue weighted by molar-refractivity contribution is 6.31. The lowest BCUT2D eigenvalue weighted by atomic mass is 10.2. The zero-order valence-corrected chi connectivity index (χ0v) is 9.43. The predicted molar refractivity (Wildman–Crippen MR) is 65.5 cm³/mol. The van der Waals surface area contributed by atoms with Crippen LogP contribution in [-0.2, 0) is 0 Å². The number of nitrogen functional groups attached to an aromatic ring is 1. The number of hydrogen-bond donors (Lipinski definition) is 2. The van der Waals surface area contributed by atoms with Crippen LogP contribution in [0.1, 0.15) is 0 Å². The second-order valence-corrected chi connectivity index (χ2v) is 3.89. The Labute approximate surface area is 102 Å². The SMILES string of the molecule is Nc1ccc(Cl)cc1Nc1c(F)cccc1F. The van der Waals surface area contributed by atoms with Crippen LogP contribution >= 0.6 is 11.6 Å². The van der Waals surface area contributed by atoms with Gasteiger partial charge in [0.25, 0.3) is 0 Å². The number of benzene rings is 2. The first-order valence-corrected chi connectivity index (χ1v) is 5.22. The van der Waals surface area contributed by atoms with E-state index in [9.17, 15) is 8.78 Å². The normalized spacial score (nSPS) is 10.3. The van der Waals surface area contributed by atoms with Gasteiger partial charge in [-0.05, 0) is 30.3 Å². The van der Waals surface area contributed by atoms with Gasteiger partial charge in [0.15, 0.2) is 0 Å². The van der Waals surface area contributed by atoms with Gasteiger partial charge in [-0.3, -0.25) is 0 Å². The van der Waals surface area contributed by atoms with Gasteiger partial charge in [0.1, 0.15) is 17.3 Å². The van der Waals surface area contributed by atoms with Crippen LogP contribution in [0.3, 0.4) is 0 Å². The van der Waals surface area contributed by atoms with E-state index in [1.165, 1.54) is 12.1 Å². The Kier molecular flexibility index (Phi) is 3.15. The van der Waals surface area contributed by atoms with E-state index in [1.54, 1.807) is 12.1 Å². The first-order chi connectivity index (χ1) is 8.08. The molecule has 0 aromatic heterocycles. The van der Waals surface area contributed by atoms with Crippen molar-refractivity contribution < 1.29 is 8.78 Å². The minimum absolute atomic E-state index is 0.249. The Hall–Kier alpha value is -1.81. The van der Waals surface area contributed by atoms with Gasteiger partial charge in [-0.25, -0.2) is 8.78 Å². The van der Waals surface area contributed by atoms with E-state index in [4.69, 9.17) is 17.3 Å². The molecule has 2 aromatic carbocycles. The predicted octanol–water partition coefficient (Wildman–Crippen LogP) is 3.94. The molecule has 0 spiro atoms. The quantitative estimate of drug-likeness (QED) is 0.797. The van der Waals surface area contributed by atoms with Gasteiger partial charge in [0, 0.05) is 5.02 Å². The summed E-state index contributed by atoms with van der Waals surface area (Å²) < 4.78 is 26.8. The fourth-order valence-electron chi connectivity index (χ4n) is 1.39. The van der Waals surface area contributed by atoms with E-state index in [1.807, 2.05) is 0 Å². The summed E-state index contributed by atoms with van der Waals surface area (Å²) in [6.07, 6.45) is 0. The molecule has 0 saturated carbocycles. The number of halogens is 3. The number of nitrogens with two attached hydrogens (primary N) is 1. The third kappa shape index (κ3) is 2.47. The lowest BCUT2D eigenvalue weighted by Gasteiger charge is -2.11. The molecule has 2 aromatic rings. The van der Waals surface area contributed by atoms with Crippen molar-refractivity contribution in [3.63, 3.8) is 0 Å². The van der Waals surface area contributed by atoms with Crippen molar-refractivity contribution in [3.05, 3.63) is 53.1 Å². The molecule has 2 nitrogen and oxygen atoms in total. The zero-order chi connectivity index (χ0) is 12.4. The maximum Gasteiger partial charge on any atom is 0.149 e. The van der Waals surface area contributed by atoms with Crippen molar-refractivity contribution in [1.29, 1.82) is 0 Å². The highest BCUT2D eigenvalue weighted by Crippen LogP contribution is 2.29. The Bertz CT molecular complexity index is 538. The Morgan fingerprint density at radius 3 is 2.35 bits per heavy atom. The van der Waals surface area contributed by atoms with E-state index in [-0.39, 0.29) is 5.69 Å². The molecule has 0 atom stereocenters. The minimum atomic E-state index is -0.690. The van der Waals surface area contributed by atoms with Crippen molar-refractivity contribution in [2.24, 2.45) is 0 Å². The number of nitrogens with one attached hydrogen (secondary N) is 1. The van der Waals surface area contributed by atoms with Gasteiger partial charge in [0.2, 0.25) is 0 Å². The molecule has 0 unspecified atom stereocenters. The van der Waals surface area contributed by atoms with Crippen LogP contribution in [0.5, 0.6) is 0 Å². The third-order valence-electron chi connectivity index (χ3n) is 2.24. The van der Waals surface area contributed by atoms with E-state index >= 15 is 0 Å². The van der Waals surface area contributed by atoms with E-state index in [0.717, 1.165) is 12.1 Å². The van der Waals surface area contributed by atoms with Crippen molar-refractivity contribution in [3.8, 4) is 0 Å². The molecule has 88 valence electrons. The first-order valence-electron chi connectivity index (χ1n) is 4.84. The monoisotopic (exact) mass is 254 g/mol. The summed E-state index contributed by atoms with van der Waals surface area (Å²) in [5.41, 5.74) is 6.14. The van der Waals surface area contributed by atoms with E-state index in [2.05, 4.69) is 5.32 Å². The van der Waals surface area contributed by atoms with Gasteiger partial charge in [-0.15, -0.1) is 0 Å².